The van der Waals surface area contributed by atoms with E-state index >= 15 is 0 Å². The van der Waals surface area contributed by atoms with Crippen molar-refractivity contribution < 1.29 is 4.79 Å². The SMILES string of the molecule is O=C1CCC[C@@H](c2ccccc2)N1. The maximum absolute atomic E-state index is 11.1. The lowest BCUT2D eigenvalue weighted by Crippen LogP contribution is -2.32. The molecule has 1 N–H and O–H groups in total. The Balaban J connectivity index is 2.13. The molecule has 1 fully saturated rings. The van der Waals surface area contributed by atoms with E-state index in [2.05, 4.69) is 17.4 Å². The quantitative estimate of drug-likeness (QED) is 0.695. The second kappa shape index (κ2) is 3.60. The van der Waals surface area contributed by atoms with E-state index in [1.165, 1.54) is 5.56 Å². The number of hydrogen-bond acceptors (Lipinski definition) is 1. The van der Waals surface area contributed by atoms with E-state index in [1.807, 2.05) is 18.2 Å². The molecule has 0 radical (unpaired) electrons. The number of piperidine rings is 1. The third kappa shape index (κ3) is 1.89. The van der Waals surface area contributed by atoms with Gasteiger partial charge in [-0.05, 0) is 18.4 Å². The first kappa shape index (κ1) is 8.30. The molecule has 0 aromatic heterocycles. The van der Waals surface area contributed by atoms with Gasteiger partial charge >= 0.3 is 0 Å². The van der Waals surface area contributed by atoms with Crippen LogP contribution >= 0.6 is 0 Å². The monoisotopic (exact) mass is 175 g/mol. The van der Waals surface area contributed by atoms with Crippen LogP contribution < -0.4 is 5.32 Å². The van der Waals surface area contributed by atoms with Crippen LogP contribution in [0.2, 0.25) is 0 Å². The molecule has 0 bridgehead atoms. The Bertz CT molecular complexity index is 294. The van der Waals surface area contributed by atoms with Gasteiger partial charge < -0.3 is 5.32 Å². The number of rotatable bonds is 1. The van der Waals surface area contributed by atoms with Gasteiger partial charge in [-0.15, -0.1) is 0 Å². The van der Waals surface area contributed by atoms with Crippen molar-refractivity contribution in [2.75, 3.05) is 0 Å². The van der Waals surface area contributed by atoms with Crippen LogP contribution in [-0.4, -0.2) is 5.91 Å². The topological polar surface area (TPSA) is 29.1 Å². The number of nitrogens with one attached hydrogen (secondary N) is 1. The van der Waals surface area contributed by atoms with Crippen LogP contribution in [0.15, 0.2) is 30.3 Å². The highest BCUT2D eigenvalue weighted by Crippen LogP contribution is 2.22. The molecular formula is C11H13NO. The lowest BCUT2D eigenvalue weighted by Gasteiger charge is -2.23. The molecule has 2 nitrogen and oxygen atoms in total. The van der Waals surface area contributed by atoms with Crippen molar-refractivity contribution in [2.24, 2.45) is 0 Å². The Morgan fingerprint density at radius 2 is 2.00 bits per heavy atom. The Morgan fingerprint density at radius 3 is 2.69 bits per heavy atom. The fourth-order valence-corrected chi connectivity index (χ4v) is 1.74. The zero-order valence-electron chi connectivity index (χ0n) is 7.49. The predicted molar refractivity (Wildman–Crippen MR) is 51.2 cm³/mol. The fraction of sp³-hybridized carbons (Fsp3) is 0.364. The third-order valence-electron chi connectivity index (χ3n) is 2.43. The fourth-order valence-electron chi connectivity index (χ4n) is 1.74. The van der Waals surface area contributed by atoms with Gasteiger partial charge in [0.25, 0.3) is 0 Å². The summed E-state index contributed by atoms with van der Waals surface area (Å²) >= 11 is 0. The van der Waals surface area contributed by atoms with E-state index in [-0.39, 0.29) is 11.9 Å². The van der Waals surface area contributed by atoms with Crippen LogP contribution in [0.3, 0.4) is 0 Å². The molecule has 0 unspecified atom stereocenters. The summed E-state index contributed by atoms with van der Waals surface area (Å²) in [4.78, 5) is 11.1. The summed E-state index contributed by atoms with van der Waals surface area (Å²) in [5, 5.41) is 2.99. The molecule has 1 aliphatic rings. The highest BCUT2D eigenvalue weighted by atomic mass is 16.1. The first-order chi connectivity index (χ1) is 6.36. The van der Waals surface area contributed by atoms with E-state index in [0.29, 0.717) is 6.42 Å². The van der Waals surface area contributed by atoms with Crippen molar-refractivity contribution in [2.45, 2.75) is 25.3 Å². The summed E-state index contributed by atoms with van der Waals surface area (Å²) in [6.07, 6.45) is 2.75. The molecule has 1 amide bonds. The molecule has 1 aromatic rings. The second-order valence-electron chi connectivity index (χ2n) is 3.42. The van der Waals surface area contributed by atoms with Crippen LogP contribution in [0.5, 0.6) is 0 Å². The van der Waals surface area contributed by atoms with Gasteiger partial charge in [0.05, 0.1) is 6.04 Å². The summed E-state index contributed by atoms with van der Waals surface area (Å²) in [6.45, 7) is 0. The number of carbonyl (C=O) groups is 1. The van der Waals surface area contributed by atoms with Crippen molar-refractivity contribution in [3.63, 3.8) is 0 Å². The number of amides is 1. The van der Waals surface area contributed by atoms with Gasteiger partial charge in [0.2, 0.25) is 5.91 Å². The highest BCUT2D eigenvalue weighted by Gasteiger charge is 2.18. The first-order valence-corrected chi connectivity index (χ1v) is 4.70. The van der Waals surface area contributed by atoms with Crippen LogP contribution in [0, 0.1) is 0 Å². The van der Waals surface area contributed by atoms with Crippen molar-refractivity contribution in [3.05, 3.63) is 35.9 Å². The molecule has 13 heavy (non-hydrogen) atoms. The van der Waals surface area contributed by atoms with Crippen LogP contribution in [0.4, 0.5) is 0 Å². The van der Waals surface area contributed by atoms with E-state index in [1.54, 1.807) is 0 Å². The Kier molecular flexibility index (Phi) is 2.30. The minimum absolute atomic E-state index is 0.181. The summed E-state index contributed by atoms with van der Waals surface area (Å²) in [5.41, 5.74) is 1.22. The number of benzene rings is 1. The molecule has 1 heterocycles. The summed E-state index contributed by atoms with van der Waals surface area (Å²) < 4.78 is 0. The second-order valence-corrected chi connectivity index (χ2v) is 3.42. The highest BCUT2D eigenvalue weighted by molar-refractivity contribution is 5.77. The van der Waals surface area contributed by atoms with E-state index in [9.17, 15) is 4.79 Å². The van der Waals surface area contributed by atoms with Gasteiger partial charge in [-0.1, -0.05) is 30.3 Å². The average Bonchev–Trinajstić information content (AvgIpc) is 2.19. The van der Waals surface area contributed by atoms with Gasteiger partial charge in [0.1, 0.15) is 0 Å². The summed E-state index contributed by atoms with van der Waals surface area (Å²) in [6, 6.07) is 10.4. The Morgan fingerprint density at radius 1 is 1.23 bits per heavy atom. The number of carbonyl (C=O) groups excluding carboxylic acids is 1. The molecule has 2 heteroatoms. The van der Waals surface area contributed by atoms with Crippen molar-refractivity contribution in [1.82, 2.24) is 5.32 Å². The van der Waals surface area contributed by atoms with Gasteiger partial charge in [0, 0.05) is 6.42 Å². The maximum Gasteiger partial charge on any atom is 0.220 e. The van der Waals surface area contributed by atoms with E-state index in [4.69, 9.17) is 0 Å². The predicted octanol–water partition coefficient (Wildman–Crippen LogP) is 2.03. The molecule has 1 atom stereocenters. The van der Waals surface area contributed by atoms with Crippen LogP contribution in [0.25, 0.3) is 0 Å². The van der Waals surface area contributed by atoms with Crippen molar-refractivity contribution in [3.8, 4) is 0 Å². The molecule has 1 saturated heterocycles. The van der Waals surface area contributed by atoms with E-state index < -0.39 is 0 Å². The third-order valence-corrected chi connectivity index (χ3v) is 2.43. The summed E-state index contributed by atoms with van der Waals surface area (Å²) in [7, 11) is 0. The molecule has 2 rings (SSSR count). The molecule has 0 saturated carbocycles. The van der Waals surface area contributed by atoms with E-state index in [0.717, 1.165) is 12.8 Å². The first-order valence-electron chi connectivity index (χ1n) is 4.70. The normalized spacial score (nSPS) is 22.5. The molecule has 1 aliphatic heterocycles. The summed E-state index contributed by atoms with van der Waals surface area (Å²) in [5.74, 6) is 0.181. The Hall–Kier alpha value is -1.31. The average molecular weight is 175 g/mol. The number of hydrogen-bond donors (Lipinski definition) is 1. The van der Waals surface area contributed by atoms with Gasteiger partial charge in [-0.25, -0.2) is 0 Å². The molecule has 0 spiro atoms. The van der Waals surface area contributed by atoms with Gasteiger partial charge in [0.15, 0.2) is 0 Å². The molecule has 68 valence electrons. The van der Waals surface area contributed by atoms with Crippen molar-refractivity contribution in [1.29, 1.82) is 0 Å². The smallest absolute Gasteiger partial charge is 0.220 e. The zero-order valence-corrected chi connectivity index (χ0v) is 7.49. The molecule has 1 aromatic carbocycles. The van der Waals surface area contributed by atoms with Gasteiger partial charge in [-0.2, -0.15) is 0 Å². The molecule has 0 aliphatic carbocycles. The minimum Gasteiger partial charge on any atom is -0.349 e. The van der Waals surface area contributed by atoms with Crippen LogP contribution in [-0.2, 0) is 4.79 Å². The maximum atomic E-state index is 11.1. The molecular weight excluding hydrogens is 162 g/mol. The van der Waals surface area contributed by atoms with Gasteiger partial charge in [-0.3, -0.25) is 4.79 Å². The standard InChI is InChI=1S/C11H13NO/c13-11-8-4-7-10(12-11)9-5-2-1-3-6-9/h1-3,5-6,10H,4,7-8H2,(H,12,13)/t10-/m0/s1. The zero-order chi connectivity index (χ0) is 9.10. The lowest BCUT2D eigenvalue weighted by molar-refractivity contribution is -0.123. The van der Waals surface area contributed by atoms with Crippen LogP contribution in [0.1, 0.15) is 30.9 Å². The lowest BCUT2D eigenvalue weighted by atomic mass is 9.97. The Labute approximate surface area is 78.0 Å². The minimum atomic E-state index is 0.181. The largest absolute Gasteiger partial charge is 0.349 e. The van der Waals surface area contributed by atoms with Crippen molar-refractivity contribution >= 4 is 5.91 Å².